The zero-order valence-electron chi connectivity index (χ0n) is 8.59. The van der Waals surface area contributed by atoms with Gasteiger partial charge in [0.2, 0.25) is 0 Å². The van der Waals surface area contributed by atoms with Gasteiger partial charge in [-0.25, -0.2) is 0 Å². The number of aryl methyl sites for hydroxylation is 1. The third kappa shape index (κ3) is 2.21. The molecule has 0 fully saturated rings. The lowest BCUT2D eigenvalue weighted by Crippen LogP contribution is -1.92. The second-order valence-corrected chi connectivity index (χ2v) is 4.62. The predicted molar refractivity (Wildman–Crippen MR) is 62.5 cm³/mol. The molecule has 0 aliphatic heterocycles. The maximum Gasteiger partial charge on any atom is 0.195 e. The standard InChI is InChI=1S/C10H10ClN3OS/c1-14-6-12-13-10(14)16-9-4-2-3-8(11)7(9)5-15/h2-4,6,15H,5H2,1H3. The van der Waals surface area contributed by atoms with E-state index in [0.29, 0.717) is 5.02 Å². The average molecular weight is 256 g/mol. The van der Waals surface area contributed by atoms with Crippen molar-refractivity contribution in [2.75, 3.05) is 0 Å². The van der Waals surface area contributed by atoms with Crippen LogP contribution in [0.25, 0.3) is 0 Å². The summed E-state index contributed by atoms with van der Waals surface area (Å²) >= 11 is 7.42. The van der Waals surface area contributed by atoms with Crippen molar-refractivity contribution < 1.29 is 5.11 Å². The summed E-state index contributed by atoms with van der Waals surface area (Å²) < 4.78 is 1.81. The highest BCUT2D eigenvalue weighted by molar-refractivity contribution is 7.99. The molecule has 16 heavy (non-hydrogen) atoms. The van der Waals surface area contributed by atoms with Gasteiger partial charge in [0.05, 0.1) is 6.61 Å². The van der Waals surface area contributed by atoms with E-state index in [1.807, 2.05) is 23.7 Å². The highest BCUT2D eigenvalue weighted by Gasteiger charge is 2.10. The van der Waals surface area contributed by atoms with Crippen molar-refractivity contribution in [1.82, 2.24) is 14.8 Å². The smallest absolute Gasteiger partial charge is 0.195 e. The Balaban J connectivity index is 2.35. The number of benzene rings is 1. The molecule has 0 unspecified atom stereocenters. The molecule has 0 aliphatic rings. The summed E-state index contributed by atoms with van der Waals surface area (Å²) in [7, 11) is 1.87. The summed E-state index contributed by atoms with van der Waals surface area (Å²) in [5, 5.41) is 18.3. The van der Waals surface area contributed by atoms with Crippen molar-refractivity contribution in [3.05, 3.63) is 35.1 Å². The average Bonchev–Trinajstić information content (AvgIpc) is 2.65. The third-order valence-electron chi connectivity index (χ3n) is 2.11. The lowest BCUT2D eigenvalue weighted by atomic mass is 10.2. The van der Waals surface area contributed by atoms with Gasteiger partial charge in [0.15, 0.2) is 5.16 Å². The van der Waals surface area contributed by atoms with Gasteiger partial charge >= 0.3 is 0 Å². The molecule has 0 amide bonds. The minimum Gasteiger partial charge on any atom is -0.392 e. The highest BCUT2D eigenvalue weighted by Crippen LogP contribution is 2.32. The molecule has 1 aromatic carbocycles. The van der Waals surface area contributed by atoms with E-state index in [9.17, 15) is 5.11 Å². The molecule has 0 atom stereocenters. The Morgan fingerprint density at radius 2 is 2.31 bits per heavy atom. The maximum absolute atomic E-state index is 9.26. The molecule has 0 saturated carbocycles. The molecule has 84 valence electrons. The van der Waals surface area contributed by atoms with Gasteiger partial charge in [0, 0.05) is 22.5 Å². The molecule has 1 aromatic heterocycles. The van der Waals surface area contributed by atoms with Gasteiger partial charge in [0.25, 0.3) is 0 Å². The zero-order valence-corrected chi connectivity index (χ0v) is 10.2. The summed E-state index contributed by atoms with van der Waals surface area (Å²) in [5.41, 5.74) is 0.720. The van der Waals surface area contributed by atoms with Crippen molar-refractivity contribution >= 4 is 23.4 Å². The number of halogens is 1. The summed E-state index contributed by atoms with van der Waals surface area (Å²) in [4.78, 5) is 0.895. The Labute approximate surface area is 102 Å². The predicted octanol–water partition coefficient (Wildman–Crippen LogP) is 2.11. The number of aliphatic hydroxyl groups is 1. The zero-order chi connectivity index (χ0) is 11.5. The Hall–Kier alpha value is -1.04. The first kappa shape index (κ1) is 11.4. The molecule has 0 spiro atoms. The normalized spacial score (nSPS) is 10.7. The van der Waals surface area contributed by atoms with Crippen molar-refractivity contribution in [2.45, 2.75) is 16.7 Å². The highest BCUT2D eigenvalue weighted by atomic mass is 35.5. The molecule has 2 rings (SSSR count). The van der Waals surface area contributed by atoms with E-state index >= 15 is 0 Å². The Morgan fingerprint density at radius 3 is 2.94 bits per heavy atom. The fourth-order valence-corrected chi connectivity index (χ4v) is 2.46. The molecule has 0 bridgehead atoms. The van der Waals surface area contributed by atoms with Crippen LogP contribution in [0.5, 0.6) is 0 Å². The van der Waals surface area contributed by atoms with E-state index in [4.69, 9.17) is 11.6 Å². The molecule has 4 nitrogen and oxygen atoms in total. The molecule has 0 saturated heterocycles. The van der Waals surface area contributed by atoms with Gasteiger partial charge in [-0.05, 0) is 23.9 Å². The van der Waals surface area contributed by atoms with E-state index in [0.717, 1.165) is 15.6 Å². The van der Waals surface area contributed by atoms with Crippen molar-refractivity contribution in [1.29, 1.82) is 0 Å². The summed E-state index contributed by atoms with van der Waals surface area (Å²) in [6.07, 6.45) is 1.63. The fraction of sp³-hybridized carbons (Fsp3) is 0.200. The van der Waals surface area contributed by atoms with Crippen LogP contribution in [-0.2, 0) is 13.7 Å². The number of nitrogens with zero attached hydrogens (tertiary/aromatic N) is 3. The van der Waals surface area contributed by atoms with E-state index < -0.39 is 0 Å². The molecule has 0 radical (unpaired) electrons. The summed E-state index contributed by atoms with van der Waals surface area (Å²) in [5.74, 6) is 0. The first-order valence-corrected chi connectivity index (χ1v) is 5.82. The van der Waals surface area contributed by atoms with Crippen LogP contribution in [0.3, 0.4) is 0 Å². The van der Waals surface area contributed by atoms with Gasteiger partial charge in [-0.15, -0.1) is 10.2 Å². The first-order chi connectivity index (χ1) is 7.72. The molecule has 0 aliphatic carbocycles. The second kappa shape index (κ2) is 4.86. The third-order valence-corrected chi connectivity index (χ3v) is 3.61. The molecule has 2 aromatic rings. The summed E-state index contributed by atoms with van der Waals surface area (Å²) in [6, 6.07) is 5.50. The molecule has 1 heterocycles. The monoisotopic (exact) mass is 255 g/mol. The quantitative estimate of drug-likeness (QED) is 0.913. The van der Waals surface area contributed by atoms with Crippen molar-refractivity contribution in [2.24, 2.45) is 7.05 Å². The minimum atomic E-state index is -0.0835. The van der Waals surface area contributed by atoms with E-state index in [-0.39, 0.29) is 6.61 Å². The van der Waals surface area contributed by atoms with Crippen LogP contribution in [0.2, 0.25) is 5.02 Å². The second-order valence-electron chi connectivity index (χ2n) is 3.20. The van der Waals surface area contributed by atoms with E-state index in [2.05, 4.69) is 10.2 Å². The van der Waals surface area contributed by atoms with Crippen LogP contribution >= 0.6 is 23.4 Å². The van der Waals surface area contributed by atoms with Crippen LogP contribution in [0, 0.1) is 0 Å². The largest absolute Gasteiger partial charge is 0.392 e. The maximum atomic E-state index is 9.26. The topological polar surface area (TPSA) is 50.9 Å². The van der Waals surface area contributed by atoms with Gasteiger partial charge < -0.3 is 9.67 Å². The van der Waals surface area contributed by atoms with Gasteiger partial charge in [-0.2, -0.15) is 0 Å². The van der Waals surface area contributed by atoms with Crippen LogP contribution in [-0.4, -0.2) is 19.9 Å². The van der Waals surface area contributed by atoms with Crippen LogP contribution in [0.15, 0.2) is 34.6 Å². The van der Waals surface area contributed by atoms with Gasteiger partial charge in [-0.3, -0.25) is 0 Å². The number of aromatic nitrogens is 3. The molecular formula is C10H10ClN3OS. The SMILES string of the molecule is Cn1cnnc1Sc1cccc(Cl)c1CO. The molecular weight excluding hydrogens is 246 g/mol. The molecule has 1 N–H and O–H groups in total. The van der Waals surface area contributed by atoms with Gasteiger partial charge in [0.1, 0.15) is 6.33 Å². The van der Waals surface area contributed by atoms with Crippen molar-refractivity contribution in [3.8, 4) is 0 Å². The molecule has 6 heteroatoms. The number of rotatable bonds is 3. The van der Waals surface area contributed by atoms with Gasteiger partial charge in [-0.1, -0.05) is 17.7 Å². The number of hydrogen-bond donors (Lipinski definition) is 1. The first-order valence-electron chi connectivity index (χ1n) is 4.62. The fourth-order valence-electron chi connectivity index (χ4n) is 1.25. The van der Waals surface area contributed by atoms with Crippen LogP contribution in [0.4, 0.5) is 0 Å². The Kier molecular flexibility index (Phi) is 3.48. The summed E-state index contributed by atoms with van der Waals surface area (Å²) in [6.45, 7) is -0.0835. The van der Waals surface area contributed by atoms with Crippen molar-refractivity contribution in [3.63, 3.8) is 0 Å². The number of aliphatic hydroxyl groups excluding tert-OH is 1. The lowest BCUT2D eigenvalue weighted by Gasteiger charge is -2.07. The van der Waals surface area contributed by atoms with E-state index in [1.54, 1.807) is 12.4 Å². The Bertz CT molecular complexity index is 501. The van der Waals surface area contributed by atoms with Crippen LogP contribution < -0.4 is 0 Å². The minimum absolute atomic E-state index is 0.0835. The Morgan fingerprint density at radius 1 is 1.50 bits per heavy atom. The van der Waals surface area contributed by atoms with Crippen LogP contribution in [0.1, 0.15) is 5.56 Å². The number of hydrogen-bond acceptors (Lipinski definition) is 4. The van der Waals surface area contributed by atoms with E-state index in [1.165, 1.54) is 11.8 Å². The lowest BCUT2D eigenvalue weighted by molar-refractivity contribution is 0.279.